The Bertz CT molecular complexity index is 952. The highest BCUT2D eigenvalue weighted by atomic mass is 32.1. The van der Waals surface area contributed by atoms with Crippen molar-refractivity contribution in [2.24, 2.45) is 0 Å². The number of nitrogens with one attached hydrogen (secondary N) is 2. The third kappa shape index (κ3) is 5.28. The lowest BCUT2D eigenvalue weighted by Crippen LogP contribution is -2.34. The lowest BCUT2D eigenvalue weighted by molar-refractivity contribution is -0.117. The van der Waals surface area contributed by atoms with Crippen molar-refractivity contribution in [3.05, 3.63) is 88.0 Å². The second kappa shape index (κ2) is 9.48. The molecule has 2 aromatic heterocycles. The molecule has 2 amide bonds. The van der Waals surface area contributed by atoms with Gasteiger partial charge in [-0.1, -0.05) is 6.07 Å². The predicted molar refractivity (Wildman–Crippen MR) is 109 cm³/mol. The van der Waals surface area contributed by atoms with Crippen LogP contribution in [0.3, 0.4) is 0 Å². The fraction of sp³-hybridized carbons (Fsp3) is 0.0952. The van der Waals surface area contributed by atoms with Gasteiger partial charge in [-0.15, -0.1) is 11.3 Å². The second-order valence-corrected chi connectivity index (χ2v) is 6.77. The van der Waals surface area contributed by atoms with E-state index in [0.29, 0.717) is 17.9 Å². The summed E-state index contributed by atoms with van der Waals surface area (Å²) in [5.41, 5.74) is 1.53. The van der Waals surface area contributed by atoms with Crippen LogP contribution in [0.15, 0.2) is 72.0 Å². The Labute approximate surface area is 166 Å². The molecule has 0 aliphatic carbocycles. The number of thiophene rings is 1. The van der Waals surface area contributed by atoms with Crippen LogP contribution in [0.5, 0.6) is 5.75 Å². The Hall–Kier alpha value is -3.45. The van der Waals surface area contributed by atoms with Crippen LogP contribution in [-0.4, -0.2) is 23.9 Å². The number of nitrogens with zero attached hydrogens (tertiary/aromatic N) is 1. The molecule has 142 valence electrons. The first-order valence-electron chi connectivity index (χ1n) is 8.53. The maximum Gasteiger partial charge on any atom is 0.268 e. The monoisotopic (exact) mass is 393 g/mol. The number of pyridine rings is 1. The summed E-state index contributed by atoms with van der Waals surface area (Å²) >= 11 is 1.48. The molecule has 0 aliphatic heterocycles. The predicted octanol–water partition coefficient (Wildman–Crippen LogP) is 3.24. The Kier molecular flexibility index (Phi) is 6.54. The highest BCUT2D eigenvalue weighted by Gasteiger charge is 2.15. The van der Waals surface area contributed by atoms with Crippen molar-refractivity contribution in [3.63, 3.8) is 0 Å². The van der Waals surface area contributed by atoms with E-state index >= 15 is 0 Å². The highest BCUT2D eigenvalue weighted by molar-refractivity contribution is 7.10. The average molecular weight is 393 g/mol. The molecule has 0 radical (unpaired) electrons. The molecule has 28 heavy (non-hydrogen) atoms. The van der Waals surface area contributed by atoms with E-state index in [-0.39, 0.29) is 17.5 Å². The summed E-state index contributed by atoms with van der Waals surface area (Å²) < 4.78 is 5.10. The zero-order valence-electron chi connectivity index (χ0n) is 15.2. The maximum absolute atomic E-state index is 12.7. The molecule has 0 spiro atoms. The first-order valence-corrected chi connectivity index (χ1v) is 9.41. The van der Waals surface area contributed by atoms with Gasteiger partial charge >= 0.3 is 0 Å². The summed E-state index contributed by atoms with van der Waals surface area (Å²) in [6.45, 7) is 0.335. The van der Waals surface area contributed by atoms with Crippen LogP contribution < -0.4 is 15.4 Å². The quantitative estimate of drug-likeness (QED) is 0.604. The van der Waals surface area contributed by atoms with Gasteiger partial charge in [-0.2, -0.15) is 0 Å². The SMILES string of the molecule is COc1ccc(C(=O)N/C(=C\c2cccs2)C(=O)NCc2ccncc2)cc1. The summed E-state index contributed by atoms with van der Waals surface area (Å²) in [4.78, 5) is 30.1. The van der Waals surface area contributed by atoms with Crippen LogP contribution in [0.2, 0.25) is 0 Å². The van der Waals surface area contributed by atoms with E-state index in [2.05, 4.69) is 15.6 Å². The highest BCUT2D eigenvalue weighted by Crippen LogP contribution is 2.14. The zero-order chi connectivity index (χ0) is 19.8. The molecule has 6 nitrogen and oxygen atoms in total. The van der Waals surface area contributed by atoms with Gasteiger partial charge in [0.2, 0.25) is 0 Å². The van der Waals surface area contributed by atoms with E-state index in [9.17, 15) is 9.59 Å². The second-order valence-electron chi connectivity index (χ2n) is 5.79. The van der Waals surface area contributed by atoms with Crippen LogP contribution in [-0.2, 0) is 11.3 Å². The van der Waals surface area contributed by atoms with E-state index < -0.39 is 0 Å². The van der Waals surface area contributed by atoms with Crippen molar-refractivity contribution in [2.75, 3.05) is 7.11 Å². The number of hydrogen-bond acceptors (Lipinski definition) is 5. The van der Waals surface area contributed by atoms with Gasteiger partial charge in [0.05, 0.1) is 7.11 Å². The van der Waals surface area contributed by atoms with Gasteiger partial charge in [0.25, 0.3) is 11.8 Å². The number of hydrogen-bond donors (Lipinski definition) is 2. The molecular weight excluding hydrogens is 374 g/mol. The van der Waals surface area contributed by atoms with Crippen LogP contribution in [0.1, 0.15) is 20.8 Å². The number of ether oxygens (including phenoxy) is 1. The standard InChI is InChI=1S/C21H19N3O3S/c1-27-17-6-4-16(5-7-17)20(25)24-19(13-18-3-2-12-28-18)21(26)23-14-15-8-10-22-11-9-15/h2-13H,14H2,1H3,(H,23,26)(H,24,25)/b19-13-. The minimum Gasteiger partial charge on any atom is -0.497 e. The normalized spacial score (nSPS) is 11.0. The van der Waals surface area contributed by atoms with Crippen molar-refractivity contribution in [3.8, 4) is 5.75 Å². The van der Waals surface area contributed by atoms with Crippen LogP contribution in [0.4, 0.5) is 0 Å². The smallest absolute Gasteiger partial charge is 0.268 e. The lowest BCUT2D eigenvalue weighted by atomic mass is 10.2. The fourth-order valence-corrected chi connectivity index (χ4v) is 3.05. The zero-order valence-corrected chi connectivity index (χ0v) is 16.0. The Balaban J connectivity index is 1.74. The van der Waals surface area contributed by atoms with E-state index in [1.807, 2.05) is 29.6 Å². The number of carbonyl (C=O) groups is 2. The fourth-order valence-electron chi connectivity index (χ4n) is 2.39. The number of methoxy groups -OCH3 is 1. The number of rotatable bonds is 7. The molecule has 3 rings (SSSR count). The average Bonchev–Trinajstić information content (AvgIpc) is 3.25. The van der Waals surface area contributed by atoms with Gasteiger partial charge in [-0.3, -0.25) is 14.6 Å². The van der Waals surface area contributed by atoms with Crippen LogP contribution >= 0.6 is 11.3 Å². The van der Waals surface area contributed by atoms with E-state index in [0.717, 1.165) is 10.4 Å². The molecule has 7 heteroatoms. The number of benzene rings is 1. The molecule has 0 unspecified atom stereocenters. The molecule has 1 aromatic carbocycles. The number of amides is 2. The van der Waals surface area contributed by atoms with Gasteiger partial charge in [-0.05, 0) is 59.5 Å². The van der Waals surface area contributed by atoms with Gasteiger partial charge in [0.1, 0.15) is 11.4 Å². The minimum atomic E-state index is -0.371. The third-order valence-corrected chi connectivity index (χ3v) is 4.70. The largest absolute Gasteiger partial charge is 0.497 e. The lowest BCUT2D eigenvalue weighted by Gasteiger charge is -2.11. The topological polar surface area (TPSA) is 80.3 Å². The molecule has 2 N–H and O–H groups in total. The van der Waals surface area contributed by atoms with Crippen molar-refractivity contribution in [2.45, 2.75) is 6.54 Å². The third-order valence-electron chi connectivity index (χ3n) is 3.88. The van der Waals surface area contributed by atoms with Crippen LogP contribution in [0, 0.1) is 0 Å². The van der Waals surface area contributed by atoms with E-state index in [4.69, 9.17) is 4.74 Å². The van der Waals surface area contributed by atoms with Gasteiger partial charge in [0, 0.05) is 29.4 Å². The first-order chi connectivity index (χ1) is 13.7. The summed E-state index contributed by atoms with van der Waals surface area (Å²) in [5, 5.41) is 7.44. The van der Waals surface area contributed by atoms with Gasteiger partial charge in [-0.25, -0.2) is 0 Å². The van der Waals surface area contributed by atoms with Gasteiger partial charge in [0.15, 0.2) is 0 Å². The van der Waals surface area contributed by atoms with Crippen molar-refractivity contribution >= 4 is 29.2 Å². The molecule has 0 saturated heterocycles. The molecule has 0 saturated carbocycles. The van der Waals surface area contributed by atoms with Crippen molar-refractivity contribution < 1.29 is 14.3 Å². The van der Waals surface area contributed by atoms with Gasteiger partial charge < -0.3 is 15.4 Å². The summed E-state index contributed by atoms with van der Waals surface area (Å²) in [7, 11) is 1.56. The minimum absolute atomic E-state index is 0.178. The Morgan fingerprint density at radius 1 is 1.11 bits per heavy atom. The molecule has 0 aliphatic rings. The molecule has 0 atom stereocenters. The molecule has 0 bridgehead atoms. The number of carbonyl (C=O) groups excluding carboxylic acids is 2. The first kappa shape index (κ1) is 19.3. The Morgan fingerprint density at radius 3 is 2.50 bits per heavy atom. The van der Waals surface area contributed by atoms with E-state index in [1.165, 1.54) is 11.3 Å². The van der Waals surface area contributed by atoms with Crippen molar-refractivity contribution in [1.29, 1.82) is 0 Å². The summed E-state index contributed by atoms with van der Waals surface area (Å²) in [6, 6.07) is 14.1. The molecular formula is C21H19N3O3S. The maximum atomic E-state index is 12.7. The van der Waals surface area contributed by atoms with Crippen LogP contribution in [0.25, 0.3) is 6.08 Å². The Morgan fingerprint density at radius 2 is 1.86 bits per heavy atom. The molecule has 3 aromatic rings. The van der Waals surface area contributed by atoms with E-state index in [1.54, 1.807) is 49.8 Å². The molecule has 0 fully saturated rings. The summed E-state index contributed by atoms with van der Waals surface area (Å²) in [6.07, 6.45) is 4.98. The molecule has 2 heterocycles. The number of aromatic nitrogens is 1. The van der Waals surface area contributed by atoms with Crippen molar-refractivity contribution in [1.82, 2.24) is 15.6 Å². The summed E-state index contributed by atoms with van der Waals surface area (Å²) in [5.74, 6) is -0.0856.